The Bertz CT molecular complexity index is 527. The van der Waals surface area contributed by atoms with Crippen LogP contribution in [0.25, 0.3) is 0 Å². The first-order valence-electron chi connectivity index (χ1n) is 6.70. The van der Waals surface area contributed by atoms with E-state index in [-0.39, 0.29) is 5.75 Å². The zero-order valence-corrected chi connectivity index (χ0v) is 11.9. The molecule has 0 spiro atoms. The molecule has 21 heavy (non-hydrogen) atoms. The average molecular weight is 301 g/mol. The summed E-state index contributed by atoms with van der Waals surface area (Å²) >= 11 is 0. The molecule has 1 unspecified atom stereocenters. The topological polar surface area (TPSA) is 50.8 Å². The monoisotopic (exact) mass is 301 g/mol. The highest BCUT2D eigenvalue weighted by atomic mass is 19.4. The molecule has 0 aliphatic carbocycles. The van der Waals surface area contributed by atoms with Crippen molar-refractivity contribution in [2.45, 2.75) is 32.2 Å². The largest absolute Gasteiger partial charge is 0.573 e. The van der Waals surface area contributed by atoms with Crippen molar-refractivity contribution in [1.82, 2.24) is 4.90 Å². The fraction of sp³-hybridized carbons (Fsp3) is 0.500. The zero-order valence-electron chi connectivity index (χ0n) is 11.9. The third kappa shape index (κ3) is 3.22. The van der Waals surface area contributed by atoms with E-state index in [0.717, 1.165) is 18.5 Å². The predicted octanol–water partition coefficient (Wildman–Crippen LogP) is 2.84. The van der Waals surface area contributed by atoms with Gasteiger partial charge in [0.25, 0.3) is 0 Å². The minimum absolute atomic E-state index is 0.233. The third-order valence-corrected chi connectivity index (χ3v) is 3.58. The molecule has 2 N–H and O–H groups in total. The van der Waals surface area contributed by atoms with Gasteiger partial charge in [-0.1, -0.05) is 19.1 Å². The van der Waals surface area contributed by atoms with Crippen molar-refractivity contribution < 1.29 is 17.9 Å². The fourth-order valence-corrected chi connectivity index (χ4v) is 2.51. The van der Waals surface area contributed by atoms with Gasteiger partial charge in [-0.3, -0.25) is 4.99 Å². The maximum atomic E-state index is 12.2. The molecule has 0 radical (unpaired) electrons. The lowest BCUT2D eigenvalue weighted by molar-refractivity contribution is -0.274. The maximum absolute atomic E-state index is 12.2. The standard InChI is InChI=1S/C14H18F3N3O/c1-3-8-20-12(18)19-9-13(20,2)10-4-6-11(7-5-10)21-14(15,16)17/h4-7H,3,8-9H2,1-2H3,(H2,18,19). The summed E-state index contributed by atoms with van der Waals surface area (Å²) in [5.74, 6) is 0.235. The lowest BCUT2D eigenvalue weighted by atomic mass is 9.91. The Morgan fingerprint density at radius 3 is 2.48 bits per heavy atom. The molecule has 1 heterocycles. The van der Waals surface area contributed by atoms with Gasteiger partial charge in [-0.15, -0.1) is 13.2 Å². The molecular weight excluding hydrogens is 283 g/mol. The van der Waals surface area contributed by atoms with E-state index in [1.807, 2.05) is 18.7 Å². The van der Waals surface area contributed by atoms with Crippen molar-refractivity contribution in [3.8, 4) is 5.75 Å². The van der Waals surface area contributed by atoms with Crippen molar-refractivity contribution in [1.29, 1.82) is 0 Å². The van der Waals surface area contributed by atoms with Crippen molar-refractivity contribution in [2.24, 2.45) is 10.7 Å². The van der Waals surface area contributed by atoms with Gasteiger partial charge in [-0.2, -0.15) is 0 Å². The summed E-state index contributed by atoms with van der Waals surface area (Å²) in [7, 11) is 0. The van der Waals surface area contributed by atoms with Gasteiger partial charge in [-0.25, -0.2) is 0 Å². The van der Waals surface area contributed by atoms with Crippen molar-refractivity contribution in [3.63, 3.8) is 0 Å². The number of hydrogen-bond donors (Lipinski definition) is 1. The summed E-state index contributed by atoms with van der Waals surface area (Å²) in [6.45, 7) is 5.24. The second kappa shape index (κ2) is 5.46. The Morgan fingerprint density at radius 1 is 1.33 bits per heavy atom. The third-order valence-electron chi connectivity index (χ3n) is 3.58. The van der Waals surface area contributed by atoms with Gasteiger partial charge in [0.1, 0.15) is 5.75 Å². The van der Waals surface area contributed by atoms with E-state index in [1.54, 1.807) is 12.1 Å². The first-order valence-corrected chi connectivity index (χ1v) is 6.70. The molecule has 7 heteroatoms. The minimum atomic E-state index is -4.68. The number of guanidine groups is 1. The van der Waals surface area contributed by atoms with Crippen LogP contribution in [0.5, 0.6) is 5.75 Å². The molecule has 116 valence electrons. The second-order valence-corrected chi connectivity index (χ2v) is 5.17. The lowest BCUT2D eigenvalue weighted by Gasteiger charge is -2.36. The normalized spacial score (nSPS) is 22.3. The Morgan fingerprint density at radius 2 is 1.95 bits per heavy atom. The number of nitrogens with zero attached hydrogens (tertiary/aromatic N) is 2. The van der Waals surface area contributed by atoms with Gasteiger partial charge in [0.15, 0.2) is 5.96 Å². The molecule has 0 saturated heterocycles. The van der Waals surface area contributed by atoms with Crippen LogP contribution in [0.15, 0.2) is 29.3 Å². The fourth-order valence-electron chi connectivity index (χ4n) is 2.51. The summed E-state index contributed by atoms with van der Waals surface area (Å²) in [4.78, 5) is 6.24. The molecule has 1 aliphatic heterocycles. The average Bonchev–Trinajstić information content (AvgIpc) is 2.68. The SMILES string of the molecule is CCCN1C(N)=NCC1(C)c1ccc(OC(F)(F)F)cc1. The second-order valence-electron chi connectivity index (χ2n) is 5.17. The highest BCUT2D eigenvalue weighted by Crippen LogP contribution is 2.34. The molecule has 2 rings (SSSR count). The molecule has 1 aromatic carbocycles. The first kappa shape index (κ1) is 15.5. The number of aliphatic imine (C=N–C) groups is 1. The van der Waals surface area contributed by atoms with E-state index < -0.39 is 11.9 Å². The number of benzene rings is 1. The predicted molar refractivity (Wildman–Crippen MR) is 74.0 cm³/mol. The van der Waals surface area contributed by atoms with E-state index in [4.69, 9.17) is 5.73 Å². The Kier molecular flexibility index (Phi) is 4.02. The van der Waals surface area contributed by atoms with Gasteiger partial charge in [0.2, 0.25) is 0 Å². The van der Waals surface area contributed by atoms with Crippen molar-refractivity contribution >= 4 is 5.96 Å². The van der Waals surface area contributed by atoms with E-state index in [0.29, 0.717) is 12.5 Å². The highest BCUT2D eigenvalue weighted by molar-refractivity contribution is 5.81. The van der Waals surface area contributed by atoms with Crippen LogP contribution < -0.4 is 10.5 Å². The van der Waals surface area contributed by atoms with E-state index in [2.05, 4.69) is 9.73 Å². The van der Waals surface area contributed by atoms with Crippen LogP contribution in [0.1, 0.15) is 25.8 Å². The van der Waals surface area contributed by atoms with Gasteiger partial charge in [0.05, 0.1) is 12.1 Å². The molecule has 0 amide bonds. The quantitative estimate of drug-likeness (QED) is 0.930. The molecule has 0 aromatic heterocycles. The first-order chi connectivity index (χ1) is 9.76. The Labute approximate surface area is 121 Å². The van der Waals surface area contributed by atoms with Gasteiger partial charge < -0.3 is 15.4 Å². The lowest BCUT2D eigenvalue weighted by Crippen LogP contribution is -2.47. The van der Waals surface area contributed by atoms with Crippen LogP contribution >= 0.6 is 0 Å². The summed E-state index contributed by atoms with van der Waals surface area (Å²) in [5, 5.41) is 0. The number of nitrogens with two attached hydrogens (primary N) is 1. The van der Waals surface area contributed by atoms with Crippen LogP contribution in [-0.2, 0) is 5.54 Å². The van der Waals surface area contributed by atoms with E-state index >= 15 is 0 Å². The Hall–Kier alpha value is -1.92. The zero-order chi connectivity index (χ0) is 15.7. The molecule has 0 fully saturated rings. The highest BCUT2D eigenvalue weighted by Gasteiger charge is 2.39. The smallest absolute Gasteiger partial charge is 0.406 e. The van der Waals surface area contributed by atoms with Gasteiger partial charge in [0, 0.05) is 6.54 Å². The summed E-state index contributed by atoms with van der Waals surface area (Å²) in [6, 6.07) is 5.87. The summed E-state index contributed by atoms with van der Waals surface area (Å²) in [6.07, 6.45) is -3.78. The van der Waals surface area contributed by atoms with Crippen LogP contribution in [0.2, 0.25) is 0 Å². The maximum Gasteiger partial charge on any atom is 0.573 e. The number of hydrogen-bond acceptors (Lipinski definition) is 4. The molecule has 4 nitrogen and oxygen atoms in total. The summed E-state index contributed by atoms with van der Waals surface area (Å²) < 4.78 is 40.4. The van der Waals surface area contributed by atoms with Crippen molar-refractivity contribution in [2.75, 3.05) is 13.1 Å². The van der Waals surface area contributed by atoms with Gasteiger partial charge in [-0.05, 0) is 31.0 Å². The summed E-state index contributed by atoms with van der Waals surface area (Å²) in [5.41, 5.74) is 6.32. The number of alkyl halides is 3. The Balaban J connectivity index is 2.21. The van der Waals surface area contributed by atoms with E-state index in [9.17, 15) is 13.2 Å². The van der Waals surface area contributed by atoms with Crippen LogP contribution in [0, 0.1) is 0 Å². The van der Waals surface area contributed by atoms with Crippen molar-refractivity contribution in [3.05, 3.63) is 29.8 Å². The van der Waals surface area contributed by atoms with Crippen LogP contribution in [0.4, 0.5) is 13.2 Å². The van der Waals surface area contributed by atoms with Gasteiger partial charge >= 0.3 is 6.36 Å². The van der Waals surface area contributed by atoms with Crippen LogP contribution in [-0.4, -0.2) is 30.3 Å². The molecule has 0 bridgehead atoms. The number of halogens is 3. The molecular formula is C14H18F3N3O. The molecule has 1 atom stereocenters. The van der Waals surface area contributed by atoms with Crippen LogP contribution in [0.3, 0.4) is 0 Å². The molecule has 0 saturated carbocycles. The number of ether oxygens (including phenoxy) is 1. The number of rotatable bonds is 4. The minimum Gasteiger partial charge on any atom is -0.406 e. The molecule has 1 aromatic rings. The van der Waals surface area contributed by atoms with E-state index in [1.165, 1.54) is 12.1 Å². The molecule has 1 aliphatic rings.